The number of carbonyl (C=O) groups is 2. The molecule has 13 heteroatoms. The molecule has 1 unspecified atom stereocenters. The van der Waals surface area contributed by atoms with Gasteiger partial charge in [0.05, 0.1) is 60.8 Å². The van der Waals surface area contributed by atoms with E-state index in [1.807, 2.05) is 80.3 Å². The molecule has 1 aliphatic rings. The van der Waals surface area contributed by atoms with Crippen molar-refractivity contribution in [1.82, 2.24) is 9.97 Å². The van der Waals surface area contributed by atoms with Gasteiger partial charge >= 0.3 is 11.9 Å². The highest BCUT2D eigenvalue weighted by Gasteiger charge is 2.34. The molecule has 2 aromatic heterocycles. The topological polar surface area (TPSA) is 153 Å². The van der Waals surface area contributed by atoms with E-state index < -0.39 is 17.5 Å². The highest BCUT2D eigenvalue weighted by atomic mass is 32.1. The second kappa shape index (κ2) is 18.5. The van der Waals surface area contributed by atoms with Crippen LogP contribution in [0.2, 0.25) is 0 Å². The van der Waals surface area contributed by atoms with E-state index in [0.29, 0.717) is 64.4 Å². The van der Waals surface area contributed by atoms with Crippen LogP contribution in [0.1, 0.15) is 83.2 Å². The molecule has 6 aromatic rings. The van der Waals surface area contributed by atoms with Crippen LogP contribution in [0, 0.1) is 0 Å². The van der Waals surface area contributed by atoms with Crippen LogP contribution in [0.15, 0.2) is 109 Å². The number of hydrogen-bond acceptors (Lipinski definition) is 11. The lowest BCUT2D eigenvalue weighted by Gasteiger charge is -2.35. The van der Waals surface area contributed by atoms with Gasteiger partial charge < -0.3 is 39.4 Å². The van der Waals surface area contributed by atoms with E-state index >= 15 is 0 Å². The smallest absolute Gasteiger partial charge is 0.336 e. The molecule has 2 heterocycles. The van der Waals surface area contributed by atoms with Crippen molar-refractivity contribution in [3.05, 3.63) is 136 Å². The Morgan fingerprint density at radius 2 is 1.62 bits per heavy atom. The molecule has 0 saturated heterocycles. The molecule has 12 nitrogen and oxygen atoms in total. The van der Waals surface area contributed by atoms with Gasteiger partial charge in [0.15, 0.2) is 23.0 Å². The SMILES string of the molecule is CCOc1ccc(N(Cc2cncs2)c2cc(C(=O)O)ccc2-c2c(NC(C)(c3cccnc3)c3ccc(OC)c(OC4CCCC4)c3)cccc2C(=O)O)cc1OCC. The Labute approximate surface area is 353 Å². The largest absolute Gasteiger partial charge is 0.493 e. The van der Waals surface area contributed by atoms with Gasteiger partial charge in [-0.3, -0.25) is 9.97 Å². The number of nitrogens with zero attached hydrogens (tertiary/aromatic N) is 3. The standard InChI is InChI=1S/C47H48N4O8S/c1-5-57-41-21-18-33(25-42(41)58-6-2)51(28-35-27-49-29-60-35)39-23-30(45(52)53)16-19-36(39)44-37(46(54)55)14-9-15-38(44)50-47(3,32-11-10-22-48-26-32)31-17-20-40(56-4)43(24-31)59-34-12-7-8-13-34/h9-11,14-27,29,34,50H,5-8,12-13,28H2,1-4H3,(H,52,53)(H,54,55). The molecule has 4 aromatic carbocycles. The summed E-state index contributed by atoms with van der Waals surface area (Å²) in [5.41, 5.74) is 4.81. The van der Waals surface area contributed by atoms with Gasteiger partial charge in [-0.1, -0.05) is 24.3 Å². The van der Waals surface area contributed by atoms with Crippen LogP contribution in [-0.2, 0) is 12.1 Å². The fraction of sp³-hybridized carbons (Fsp3) is 0.277. The minimum Gasteiger partial charge on any atom is -0.493 e. The summed E-state index contributed by atoms with van der Waals surface area (Å²) in [6.07, 6.45) is 9.45. The van der Waals surface area contributed by atoms with Gasteiger partial charge in [-0.2, -0.15) is 0 Å². The zero-order chi connectivity index (χ0) is 42.2. The molecule has 7 rings (SSSR count). The number of ether oxygens (including phenoxy) is 4. The van der Waals surface area contributed by atoms with Gasteiger partial charge in [-0.05, 0) is 112 Å². The summed E-state index contributed by atoms with van der Waals surface area (Å²) < 4.78 is 24.2. The number of nitrogens with one attached hydrogen (secondary N) is 1. The van der Waals surface area contributed by atoms with Crippen molar-refractivity contribution in [3.63, 3.8) is 0 Å². The van der Waals surface area contributed by atoms with E-state index in [1.54, 1.807) is 55.5 Å². The van der Waals surface area contributed by atoms with Gasteiger partial charge in [0.1, 0.15) is 0 Å². The van der Waals surface area contributed by atoms with Gasteiger partial charge in [-0.15, -0.1) is 11.3 Å². The lowest BCUT2D eigenvalue weighted by molar-refractivity contribution is 0.0686. The third kappa shape index (κ3) is 8.86. The molecule has 3 N–H and O–H groups in total. The van der Waals surface area contributed by atoms with Crippen molar-refractivity contribution in [3.8, 4) is 34.1 Å². The minimum atomic E-state index is -1.16. The number of aromatic carboxylic acids is 2. The summed E-state index contributed by atoms with van der Waals surface area (Å²) in [6, 6.07) is 25.0. The number of hydrogen-bond donors (Lipinski definition) is 3. The molecule has 1 fully saturated rings. The summed E-state index contributed by atoms with van der Waals surface area (Å²) in [7, 11) is 1.62. The van der Waals surface area contributed by atoms with Crippen LogP contribution < -0.4 is 29.2 Å². The second-order valence-electron chi connectivity index (χ2n) is 14.5. The van der Waals surface area contributed by atoms with E-state index in [9.17, 15) is 19.8 Å². The average molecular weight is 829 g/mol. The summed E-state index contributed by atoms with van der Waals surface area (Å²) >= 11 is 1.45. The van der Waals surface area contributed by atoms with Crippen molar-refractivity contribution >= 4 is 40.3 Å². The first-order valence-corrected chi connectivity index (χ1v) is 20.8. The van der Waals surface area contributed by atoms with Crippen molar-refractivity contribution in [2.24, 2.45) is 0 Å². The fourth-order valence-electron chi connectivity index (χ4n) is 7.73. The van der Waals surface area contributed by atoms with Crippen LogP contribution in [-0.4, -0.2) is 58.5 Å². The molecule has 1 atom stereocenters. The number of rotatable bonds is 18. The number of carboxylic acid groups (broad SMARTS) is 2. The minimum absolute atomic E-state index is 0.0114. The number of aromatic nitrogens is 2. The first-order chi connectivity index (χ1) is 29.1. The van der Waals surface area contributed by atoms with E-state index in [4.69, 9.17) is 18.9 Å². The molecule has 0 aliphatic heterocycles. The Bertz CT molecular complexity index is 2440. The molecule has 0 spiro atoms. The zero-order valence-electron chi connectivity index (χ0n) is 34.0. The molecule has 310 valence electrons. The number of carboxylic acids is 2. The Balaban J connectivity index is 1.45. The van der Waals surface area contributed by atoms with E-state index in [1.165, 1.54) is 17.4 Å². The van der Waals surface area contributed by atoms with Crippen molar-refractivity contribution in [1.29, 1.82) is 0 Å². The predicted octanol–water partition coefficient (Wildman–Crippen LogP) is 10.4. The van der Waals surface area contributed by atoms with Crippen molar-refractivity contribution in [2.75, 3.05) is 30.5 Å². The zero-order valence-corrected chi connectivity index (χ0v) is 34.8. The first kappa shape index (κ1) is 41.6. The summed E-state index contributed by atoms with van der Waals surface area (Å²) in [4.78, 5) is 37.6. The lowest BCUT2D eigenvalue weighted by Crippen LogP contribution is -2.34. The molecule has 1 aliphatic carbocycles. The maximum Gasteiger partial charge on any atom is 0.336 e. The Morgan fingerprint density at radius 3 is 2.30 bits per heavy atom. The summed E-state index contributed by atoms with van der Waals surface area (Å²) in [6.45, 7) is 6.89. The fourth-order valence-corrected chi connectivity index (χ4v) is 8.31. The molecule has 0 bridgehead atoms. The molecule has 0 amide bonds. The molecule has 1 saturated carbocycles. The average Bonchev–Trinajstić information content (AvgIpc) is 3.99. The third-order valence-corrected chi connectivity index (χ3v) is 11.5. The number of thiazole rings is 1. The maximum atomic E-state index is 13.3. The Hall–Kier alpha value is -6.60. The van der Waals surface area contributed by atoms with Crippen LogP contribution in [0.4, 0.5) is 17.1 Å². The Morgan fingerprint density at radius 1 is 0.833 bits per heavy atom. The number of benzene rings is 4. The van der Waals surface area contributed by atoms with Gasteiger partial charge in [0.25, 0.3) is 0 Å². The van der Waals surface area contributed by atoms with E-state index in [-0.39, 0.29) is 23.8 Å². The monoisotopic (exact) mass is 828 g/mol. The predicted molar refractivity (Wildman–Crippen MR) is 233 cm³/mol. The highest BCUT2D eigenvalue weighted by molar-refractivity contribution is 7.09. The molecule has 60 heavy (non-hydrogen) atoms. The highest BCUT2D eigenvalue weighted by Crippen LogP contribution is 2.46. The first-order valence-electron chi connectivity index (χ1n) is 20.0. The quantitative estimate of drug-likeness (QED) is 0.0756. The van der Waals surface area contributed by atoms with E-state index in [0.717, 1.165) is 41.7 Å². The third-order valence-electron chi connectivity index (χ3n) is 10.7. The normalized spacial score (nSPS) is 13.6. The van der Waals surface area contributed by atoms with E-state index in [2.05, 4.69) is 15.3 Å². The van der Waals surface area contributed by atoms with Crippen LogP contribution in [0.25, 0.3) is 11.1 Å². The second-order valence-corrected chi connectivity index (χ2v) is 15.5. The number of methoxy groups -OCH3 is 1. The van der Waals surface area contributed by atoms with Crippen LogP contribution in [0.5, 0.6) is 23.0 Å². The Kier molecular flexibility index (Phi) is 12.8. The molecular weight excluding hydrogens is 781 g/mol. The van der Waals surface area contributed by atoms with Gasteiger partial charge in [-0.25, -0.2) is 9.59 Å². The molecule has 0 radical (unpaired) electrons. The van der Waals surface area contributed by atoms with Gasteiger partial charge in [0, 0.05) is 52.0 Å². The van der Waals surface area contributed by atoms with Crippen LogP contribution in [0.3, 0.4) is 0 Å². The van der Waals surface area contributed by atoms with Crippen LogP contribution >= 0.6 is 11.3 Å². The van der Waals surface area contributed by atoms with Crippen molar-refractivity contribution < 1.29 is 38.7 Å². The molecular formula is C47H48N4O8S. The lowest BCUT2D eigenvalue weighted by atomic mass is 9.84. The van der Waals surface area contributed by atoms with Gasteiger partial charge in [0.2, 0.25) is 0 Å². The van der Waals surface area contributed by atoms with Crippen molar-refractivity contribution in [2.45, 2.75) is 64.6 Å². The number of pyridine rings is 1. The maximum absolute atomic E-state index is 13.3. The summed E-state index contributed by atoms with van der Waals surface area (Å²) in [5.74, 6) is 0.0114. The number of anilines is 3. The summed E-state index contributed by atoms with van der Waals surface area (Å²) in [5, 5.41) is 25.0.